The molecule has 0 saturated heterocycles. The molecule has 0 radical (unpaired) electrons. The zero-order valence-corrected chi connectivity index (χ0v) is 19.0. The Labute approximate surface area is 199 Å². The van der Waals surface area contributed by atoms with Crippen molar-refractivity contribution >= 4 is 10.1 Å². The van der Waals surface area contributed by atoms with Gasteiger partial charge in [-0.05, 0) is 20.5 Å². The maximum Gasteiger partial charge on any atom is 0.438 e. The highest BCUT2D eigenvalue weighted by atomic mass is 32.2. The highest BCUT2D eigenvalue weighted by molar-refractivity contribution is 7.87. The van der Waals surface area contributed by atoms with Crippen molar-refractivity contribution in [3.05, 3.63) is 0 Å². The van der Waals surface area contributed by atoms with Gasteiger partial charge in [0.15, 0.2) is 6.17 Å². The Morgan fingerprint density at radius 2 is 0.789 bits per heavy atom. The number of hydrogen-bond donors (Lipinski definition) is 2. The molecule has 0 aliphatic carbocycles. The molecule has 0 rings (SSSR count). The summed E-state index contributed by atoms with van der Waals surface area (Å²) in [5, 5.41) is -5.21. The van der Waals surface area contributed by atoms with E-state index in [1.165, 1.54) is 0 Å². The van der Waals surface area contributed by atoms with Gasteiger partial charge in [-0.2, -0.15) is 87.4 Å². The van der Waals surface area contributed by atoms with Crippen molar-refractivity contribution in [3.8, 4) is 0 Å². The van der Waals surface area contributed by atoms with Crippen LogP contribution in [0, 0.1) is 0 Å². The largest absolute Gasteiger partial charge is 0.438 e. The smallest absolute Gasteiger partial charge is 0.323 e. The summed E-state index contributed by atoms with van der Waals surface area (Å²) in [6, 6.07) is 0. The quantitative estimate of drug-likeness (QED) is 0.211. The summed E-state index contributed by atoms with van der Waals surface area (Å²) in [6.07, 6.45) is -6.58. The van der Waals surface area contributed by atoms with E-state index in [1.54, 1.807) is 0 Å². The Bertz CT molecular complexity index is 918. The first kappa shape index (κ1) is 38.7. The average molecular weight is 637 g/mol. The van der Waals surface area contributed by atoms with E-state index in [9.17, 15) is 91.8 Å². The molecule has 0 saturated carbocycles. The maximum absolute atomic E-state index is 13.5. The number of halogens is 19. The highest BCUT2D eigenvalue weighted by Gasteiger charge is 2.97. The molecule has 0 aromatic rings. The van der Waals surface area contributed by atoms with Crippen molar-refractivity contribution in [2.24, 2.45) is 0 Å². The molecular weight excluding hydrogens is 623 g/mol. The normalized spacial score (nSPS) is 16.6. The summed E-state index contributed by atoms with van der Waals surface area (Å²) in [5.41, 5.74) is 0. The third kappa shape index (κ3) is 5.07. The maximum atomic E-state index is 13.5. The Kier molecular flexibility index (Phi) is 10.7. The summed E-state index contributed by atoms with van der Waals surface area (Å²) in [6.45, 7) is 0.145. The molecule has 1 unspecified atom stereocenters. The van der Waals surface area contributed by atoms with Crippen LogP contribution in [-0.2, 0) is 10.1 Å². The van der Waals surface area contributed by atoms with Gasteiger partial charge in [-0.15, -0.1) is 0 Å². The molecule has 24 heteroatoms. The predicted molar refractivity (Wildman–Crippen MR) is 86.2 cm³/mol. The van der Waals surface area contributed by atoms with Gasteiger partial charge in [0.05, 0.1) is 0 Å². The van der Waals surface area contributed by atoms with Gasteiger partial charge in [0.1, 0.15) is 0 Å². The predicted octanol–water partition coefficient (Wildman–Crippen LogP) is 6.13. The van der Waals surface area contributed by atoms with Crippen LogP contribution in [0.15, 0.2) is 0 Å². The minimum Gasteiger partial charge on any atom is -0.323 e. The first-order chi connectivity index (χ1) is 16.1. The van der Waals surface area contributed by atoms with E-state index in [0.29, 0.717) is 0 Å². The van der Waals surface area contributed by atoms with Crippen molar-refractivity contribution in [2.45, 2.75) is 72.2 Å². The molecule has 0 aromatic heterocycles. The van der Waals surface area contributed by atoms with Gasteiger partial charge in [-0.25, -0.2) is 4.39 Å². The molecule has 38 heavy (non-hydrogen) atoms. The van der Waals surface area contributed by atoms with E-state index in [1.807, 2.05) is 14.1 Å². The standard InChI is InChI=1S/C12H7F19O3S.C2H7N/c1-2-3(13)4(14,15)5(16,17)6(18,19)7(20,21)8(22,23)9(24,25)10(26,27)11(28,29)12(30,31)35(32,33)34;1-3-2/h3H,2H2,1H3,(H,32,33,34);3H,1-2H3. The second-order valence-corrected chi connectivity index (χ2v) is 8.47. The van der Waals surface area contributed by atoms with E-state index in [0.717, 1.165) is 0 Å². The topological polar surface area (TPSA) is 66.4 Å². The second kappa shape index (κ2) is 10.5. The second-order valence-electron chi connectivity index (χ2n) is 7.01. The SMILES string of the molecule is CCC(F)C(F)(F)C(F)(F)C(F)(F)C(F)(F)C(F)(F)C(F)(F)C(F)(F)C(F)(F)C(F)(F)S(=O)(=O)O.CNC. The molecule has 0 aliphatic heterocycles. The summed E-state index contributed by atoms with van der Waals surface area (Å²) >= 11 is 0. The average Bonchev–Trinajstić information content (AvgIpc) is 2.71. The Morgan fingerprint density at radius 3 is 1.00 bits per heavy atom. The fourth-order valence-corrected chi connectivity index (χ4v) is 2.45. The molecule has 2 N–H and O–H groups in total. The summed E-state index contributed by atoms with van der Waals surface area (Å²) < 4.78 is 280. The zero-order chi connectivity index (χ0) is 32.0. The van der Waals surface area contributed by atoms with Crippen LogP contribution >= 0.6 is 0 Å². The van der Waals surface area contributed by atoms with E-state index in [4.69, 9.17) is 4.55 Å². The van der Waals surface area contributed by atoms with Gasteiger partial charge in [0.2, 0.25) is 0 Å². The third-order valence-corrected chi connectivity index (χ3v) is 5.13. The first-order valence-corrected chi connectivity index (χ1v) is 10.2. The summed E-state index contributed by atoms with van der Waals surface area (Å²) in [4.78, 5) is 0. The summed E-state index contributed by atoms with van der Waals surface area (Å²) in [5.74, 6) is -68.8. The van der Waals surface area contributed by atoms with Gasteiger partial charge >= 0.3 is 62.8 Å². The van der Waals surface area contributed by atoms with Gasteiger partial charge in [-0.1, -0.05) is 6.92 Å². The van der Waals surface area contributed by atoms with Crippen LogP contribution in [0.4, 0.5) is 83.4 Å². The molecule has 232 valence electrons. The minimum atomic E-state index is -9.12. The van der Waals surface area contributed by atoms with Crippen molar-refractivity contribution in [1.29, 1.82) is 0 Å². The van der Waals surface area contributed by atoms with Crippen molar-refractivity contribution in [2.75, 3.05) is 14.1 Å². The molecule has 0 heterocycles. The molecule has 0 bridgehead atoms. The molecule has 0 fully saturated rings. The molecule has 0 aromatic carbocycles. The van der Waals surface area contributed by atoms with Gasteiger partial charge in [0, 0.05) is 0 Å². The summed E-state index contributed by atoms with van der Waals surface area (Å²) in [7, 11) is -4.26. The lowest BCUT2D eigenvalue weighted by Gasteiger charge is -2.44. The molecule has 0 aliphatic rings. The molecular formula is C14H14F19NO3S. The minimum absolute atomic E-state index is 0.145. The Hall–Kier alpha value is -1.46. The lowest BCUT2D eigenvalue weighted by molar-refractivity contribution is -0.460. The lowest BCUT2D eigenvalue weighted by atomic mass is 9.86. The van der Waals surface area contributed by atoms with Crippen LogP contribution < -0.4 is 5.32 Å². The van der Waals surface area contributed by atoms with Gasteiger partial charge in [-0.3, -0.25) is 4.55 Å². The monoisotopic (exact) mass is 637 g/mol. The molecule has 4 nitrogen and oxygen atoms in total. The highest BCUT2D eigenvalue weighted by Crippen LogP contribution is 2.65. The number of rotatable bonds is 11. The number of hydrogen-bond acceptors (Lipinski definition) is 3. The fraction of sp³-hybridized carbons (Fsp3) is 1.00. The fourth-order valence-electron chi connectivity index (χ4n) is 1.99. The number of alkyl halides is 19. The van der Waals surface area contributed by atoms with Crippen LogP contribution in [0.1, 0.15) is 13.3 Å². The first-order valence-electron chi connectivity index (χ1n) is 8.74. The van der Waals surface area contributed by atoms with Crippen LogP contribution in [0.5, 0.6) is 0 Å². The van der Waals surface area contributed by atoms with Gasteiger partial charge < -0.3 is 5.32 Å². The Balaban J connectivity index is 0. The molecule has 0 amide bonds. The van der Waals surface area contributed by atoms with Crippen LogP contribution in [-0.4, -0.2) is 85.9 Å². The van der Waals surface area contributed by atoms with E-state index >= 15 is 0 Å². The Morgan fingerprint density at radius 1 is 0.579 bits per heavy atom. The zero-order valence-electron chi connectivity index (χ0n) is 18.1. The van der Waals surface area contributed by atoms with Crippen LogP contribution in [0.3, 0.4) is 0 Å². The van der Waals surface area contributed by atoms with Crippen molar-refractivity contribution < 1.29 is 96.4 Å². The van der Waals surface area contributed by atoms with Crippen LogP contribution in [0.25, 0.3) is 0 Å². The van der Waals surface area contributed by atoms with E-state index in [2.05, 4.69) is 5.32 Å². The molecule has 0 spiro atoms. The van der Waals surface area contributed by atoms with E-state index < -0.39 is 75.3 Å². The third-order valence-electron chi connectivity index (χ3n) is 4.23. The van der Waals surface area contributed by atoms with Crippen LogP contribution in [0.2, 0.25) is 0 Å². The lowest BCUT2D eigenvalue weighted by Crippen LogP contribution is -2.76. The van der Waals surface area contributed by atoms with Crippen molar-refractivity contribution in [1.82, 2.24) is 5.32 Å². The van der Waals surface area contributed by atoms with E-state index in [-0.39, 0.29) is 6.92 Å². The number of nitrogens with one attached hydrogen (secondary N) is 1. The molecule has 1 atom stereocenters. The van der Waals surface area contributed by atoms with Crippen molar-refractivity contribution in [3.63, 3.8) is 0 Å². The van der Waals surface area contributed by atoms with Gasteiger partial charge in [0.25, 0.3) is 0 Å².